The van der Waals surface area contributed by atoms with Gasteiger partial charge in [-0.1, -0.05) is 23.9 Å². The maximum absolute atomic E-state index is 11.8. The van der Waals surface area contributed by atoms with E-state index < -0.39 is 4.75 Å². The molecular weight excluding hydrogens is 316 g/mol. The smallest absolute Gasteiger partial charge is 0.322 e. The van der Waals surface area contributed by atoms with Crippen LogP contribution in [0, 0.1) is 0 Å². The van der Waals surface area contributed by atoms with E-state index in [1.807, 2.05) is 24.3 Å². The SMILES string of the molecule is CCOC(=O)C(C)(C)SC(N)=NCc1ccc(OC)cc1.N.N. The fourth-order valence-corrected chi connectivity index (χ4v) is 2.33. The molecule has 7 nitrogen and oxygen atoms in total. The molecule has 0 fully saturated rings. The standard InChI is InChI=1S/C15H22N2O3S.2H3N/c1-5-20-13(18)15(2,3)21-14(16)17-10-11-6-8-12(19-4)9-7-11;;/h6-9H,5,10H2,1-4H3,(H2,16,17);2*1H3. The Hall–Kier alpha value is -1.77. The molecule has 0 radical (unpaired) electrons. The summed E-state index contributed by atoms with van der Waals surface area (Å²) in [4.78, 5) is 16.1. The van der Waals surface area contributed by atoms with Gasteiger partial charge in [-0.25, -0.2) is 0 Å². The zero-order valence-corrected chi connectivity index (χ0v) is 15.1. The minimum absolute atomic E-state index is 0. The number of hydrogen-bond donors (Lipinski definition) is 3. The van der Waals surface area contributed by atoms with Gasteiger partial charge in [-0.05, 0) is 38.5 Å². The van der Waals surface area contributed by atoms with E-state index in [2.05, 4.69) is 4.99 Å². The Bertz CT molecular complexity index is 504. The molecule has 0 heterocycles. The van der Waals surface area contributed by atoms with Crippen LogP contribution in [0.25, 0.3) is 0 Å². The van der Waals surface area contributed by atoms with Crippen LogP contribution in [0.5, 0.6) is 5.75 Å². The Kier molecular flexibility index (Phi) is 11.1. The van der Waals surface area contributed by atoms with Gasteiger partial charge in [-0.15, -0.1) is 0 Å². The minimum Gasteiger partial charge on any atom is -0.497 e. The van der Waals surface area contributed by atoms with E-state index in [9.17, 15) is 4.79 Å². The molecule has 8 heteroatoms. The average molecular weight is 344 g/mol. The van der Waals surface area contributed by atoms with E-state index in [-0.39, 0.29) is 18.3 Å². The average Bonchev–Trinajstić information content (AvgIpc) is 2.45. The van der Waals surface area contributed by atoms with Gasteiger partial charge < -0.3 is 27.5 Å². The van der Waals surface area contributed by atoms with Crippen molar-refractivity contribution < 1.29 is 14.3 Å². The van der Waals surface area contributed by atoms with Crippen molar-refractivity contribution in [3.8, 4) is 5.75 Å². The van der Waals surface area contributed by atoms with Crippen LogP contribution in [-0.4, -0.2) is 29.6 Å². The first-order valence-electron chi connectivity index (χ1n) is 6.68. The van der Waals surface area contributed by atoms with Crippen LogP contribution >= 0.6 is 11.8 Å². The van der Waals surface area contributed by atoms with Crippen molar-refractivity contribution in [2.75, 3.05) is 13.7 Å². The predicted molar refractivity (Wildman–Crippen MR) is 96.7 cm³/mol. The number of hydrogen-bond acceptors (Lipinski definition) is 7. The molecule has 0 saturated heterocycles. The largest absolute Gasteiger partial charge is 0.497 e. The van der Waals surface area contributed by atoms with Crippen LogP contribution < -0.4 is 22.8 Å². The number of esters is 1. The first-order chi connectivity index (χ1) is 9.89. The van der Waals surface area contributed by atoms with Crippen molar-refractivity contribution in [1.82, 2.24) is 12.3 Å². The van der Waals surface area contributed by atoms with Crippen LogP contribution in [-0.2, 0) is 16.1 Å². The Morgan fingerprint density at radius 1 is 1.26 bits per heavy atom. The molecule has 0 unspecified atom stereocenters. The van der Waals surface area contributed by atoms with E-state index in [0.717, 1.165) is 11.3 Å². The molecule has 23 heavy (non-hydrogen) atoms. The maximum Gasteiger partial charge on any atom is 0.322 e. The fraction of sp³-hybridized carbons (Fsp3) is 0.467. The summed E-state index contributed by atoms with van der Waals surface area (Å²) in [5, 5.41) is 0.365. The lowest BCUT2D eigenvalue weighted by molar-refractivity contribution is -0.145. The van der Waals surface area contributed by atoms with Crippen molar-refractivity contribution in [3.63, 3.8) is 0 Å². The molecule has 0 spiro atoms. The second kappa shape index (κ2) is 10.9. The second-order valence-corrected chi connectivity index (χ2v) is 6.48. The number of thioether (sulfide) groups is 1. The van der Waals surface area contributed by atoms with Gasteiger partial charge in [-0.2, -0.15) is 0 Å². The van der Waals surface area contributed by atoms with Crippen molar-refractivity contribution >= 4 is 22.9 Å². The molecule has 0 aliphatic rings. The molecule has 1 aromatic rings. The molecule has 0 amide bonds. The van der Waals surface area contributed by atoms with Gasteiger partial charge >= 0.3 is 5.97 Å². The van der Waals surface area contributed by atoms with Crippen LogP contribution in [0.15, 0.2) is 29.3 Å². The molecule has 0 atom stereocenters. The van der Waals surface area contributed by atoms with E-state index >= 15 is 0 Å². The number of nitrogens with two attached hydrogens (primary N) is 1. The van der Waals surface area contributed by atoms with E-state index in [0.29, 0.717) is 18.3 Å². The van der Waals surface area contributed by atoms with Crippen molar-refractivity contribution in [1.29, 1.82) is 0 Å². The highest BCUT2D eigenvalue weighted by molar-refractivity contribution is 8.15. The fourth-order valence-electron chi connectivity index (χ4n) is 1.54. The van der Waals surface area contributed by atoms with Gasteiger partial charge in [0.15, 0.2) is 5.17 Å². The van der Waals surface area contributed by atoms with E-state index in [4.69, 9.17) is 15.2 Å². The molecule has 0 saturated carbocycles. The third-order valence-electron chi connectivity index (χ3n) is 2.70. The third-order valence-corrected chi connectivity index (χ3v) is 3.72. The number of amidine groups is 1. The highest BCUT2D eigenvalue weighted by atomic mass is 32.2. The molecular formula is C15H28N4O3S. The van der Waals surface area contributed by atoms with Crippen LogP contribution in [0.1, 0.15) is 26.3 Å². The second-order valence-electron chi connectivity index (χ2n) is 4.84. The van der Waals surface area contributed by atoms with Crippen LogP contribution in [0.4, 0.5) is 0 Å². The lowest BCUT2D eigenvalue weighted by Gasteiger charge is -2.20. The van der Waals surface area contributed by atoms with Gasteiger partial charge in [0.2, 0.25) is 0 Å². The lowest BCUT2D eigenvalue weighted by Crippen LogP contribution is -2.33. The number of benzene rings is 1. The normalized spacial score (nSPS) is 11.0. The summed E-state index contributed by atoms with van der Waals surface area (Å²) in [5.41, 5.74) is 6.90. The number of aliphatic imine (C=N–C) groups is 1. The van der Waals surface area contributed by atoms with Crippen LogP contribution in [0.2, 0.25) is 0 Å². The summed E-state index contributed by atoms with van der Waals surface area (Å²) in [7, 11) is 1.62. The molecule has 0 bridgehead atoms. The van der Waals surface area contributed by atoms with Gasteiger partial charge in [0.25, 0.3) is 0 Å². The Morgan fingerprint density at radius 3 is 2.30 bits per heavy atom. The van der Waals surface area contributed by atoms with E-state index in [1.54, 1.807) is 27.9 Å². The summed E-state index contributed by atoms with van der Waals surface area (Å²) in [6.07, 6.45) is 0. The number of ether oxygens (including phenoxy) is 2. The van der Waals surface area contributed by atoms with Crippen molar-refractivity contribution in [3.05, 3.63) is 29.8 Å². The highest BCUT2D eigenvalue weighted by Gasteiger charge is 2.31. The third kappa shape index (κ3) is 7.87. The van der Waals surface area contributed by atoms with Crippen molar-refractivity contribution in [2.24, 2.45) is 10.7 Å². The zero-order chi connectivity index (χ0) is 15.9. The first kappa shape index (κ1) is 23.5. The number of nitrogens with zero attached hydrogens (tertiary/aromatic N) is 1. The highest BCUT2D eigenvalue weighted by Crippen LogP contribution is 2.26. The lowest BCUT2D eigenvalue weighted by atomic mass is 10.2. The minimum atomic E-state index is -0.747. The molecule has 1 aromatic carbocycles. The summed E-state index contributed by atoms with van der Waals surface area (Å²) >= 11 is 1.21. The Balaban J connectivity index is 0. The molecule has 0 aliphatic carbocycles. The summed E-state index contributed by atoms with van der Waals surface area (Å²) in [5.74, 6) is 0.506. The monoisotopic (exact) mass is 344 g/mol. The number of carbonyl (C=O) groups excluding carboxylic acids is 1. The summed E-state index contributed by atoms with van der Waals surface area (Å²) < 4.78 is 9.36. The zero-order valence-electron chi connectivity index (χ0n) is 14.3. The number of rotatable bonds is 6. The molecule has 0 aromatic heterocycles. The quantitative estimate of drug-likeness (QED) is 0.408. The summed E-state index contributed by atoms with van der Waals surface area (Å²) in [6.45, 7) is 6.13. The van der Waals surface area contributed by atoms with E-state index in [1.165, 1.54) is 11.8 Å². The van der Waals surface area contributed by atoms with Gasteiger partial charge in [0, 0.05) is 0 Å². The molecule has 8 N–H and O–H groups in total. The van der Waals surface area contributed by atoms with Crippen molar-refractivity contribution in [2.45, 2.75) is 32.1 Å². The molecule has 0 aliphatic heterocycles. The van der Waals surface area contributed by atoms with Gasteiger partial charge in [-0.3, -0.25) is 9.79 Å². The maximum atomic E-state index is 11.8. The molecule has 132 valence electrons. The van der Waals surface area contributed by atoms with Crippen LogP contribution in [0.3, 0.4) is 0 Å². The predicted octanol–water partition coefficient (Wildman–Crippen LogP) is 2.91. The number of carbonyl (C=O) groups is 1. The topological polar surface area (TPSA) is 144 Å². The first-order valence-corrected chi connectivity index (χ1v) is 7.49. The van der Waals surface area contributed by atoms with Gasteiger partial charge in [0.1, 0.15) is 10.5 Å². The number of methoxy groups -OCH3 is 1. The summed E-state index contributed by atoms with van der Waals surface area (Å²) in [6, 6.07) is 7.60. The Morgan fingerprint density at radius 2 is 1.83 bits per heavy atom. The Labute approximate surface area is 142 Å². The molecule has 1 rings (SSSR count). The van der Waals surface area contributed by atoms with Gasteiger partial charge in [0.05, 0.1) is 20.3 Å².